The highest BCUT2D eigenvalue weighted by molar-refractivity contribution is 5.83. The Morgan fingerprint density at radius 2 is 1.76 bits per heavy atom. The van der Waals surface area contributed by atoms with Crippen molar-refractivity contribution in [2.75, 3.05) is 5.73 Å². The summed E-state index contributed by atoms with van der Waals surface area (Å²) in [7, 11) is 0. The lowest BCUT2D eigenvalue weighted by molar-refractivity contribution is 0.477. The minimum Gasteiger partial charge on any atom is -0.507 e. The zero-order valence-electron chi connectivity index (χ0n) is 9.98. The predicted molar refractivity (Wildman–Crippen MR) is 72.0 cm³/mol. The summed E-state index contributed by atoms with van der Waals surface area (Å²) < 4.78 is 0. The van der Waals surface area contributed by atoms with Crippen molar-refractivity contribution >= 4 is 5.69 Å². The minimum absolute atomic E-state index is 0.244. The molecule has 17 heavy (non-hydrogen) atoms. The number of aromatic hydroxyl groups is 1. The maximum atomic E-state index is 9.96. The minimum atomic E-state index is 0.244. The molecule has 3 N–H and O–H groups in total. The van der Waals surface area contributed by atoms with E-state index in [2.05, 4.69) is 6.92 Å². The Balaban J connectivity index is 2.56. The van der Waals surface area contributed by atoms with Gasteiger partial charge >= 0.3 is 0 Å². The Morgan fingerprint density at radius 1 is 1.06 bits per heavy atom. The highest BCUT2D eigenvalue weighted by Gasteiger charge is 2.11. The van der Waals surface area contributed by atoms with Gasteiger partial charge in [-0.25, -0.2) is 0 Å². The Kier molecular flexibility index (Phi) is 3.33. The van der Waals surface area contributed by atoms with Crippen LogP contribution in [0.1, 0.15) is 18.9 Å². The summed E-state index contributed by atoms with van der Waals surface area (Å²) in [6, 6.07) is 13.4. The number of aryl methyl sites for hydroxylation is 1. The van der Waals surface area contributed by atoms with E-state index in [0.717, 1.165) is 29.5 Å². The van der Waals surface area contributed by atoms with Crippen LogP contribution in [0.3, 0.4) is 0 Å². The molecule has 0 unspecified atom stereocenters. The van der Waals surface area contributed by atoms with Crippen LogP contribution in [-0.4, -0.2) is 5.11 Å². The van der Waals surface area contributed by atoms with Crippen molar-refractivity contribution < 1.29 is 5.11 Å². The maximum Gasteiger partial charge on any atom is 0.125 e. The fraction of sp³-hybridized carbons (Fsp3) is 0.200. The molecule has 2 aromatic rings. The standard InChI is InChI=1S/C15H17NO/c1-2-6-12-9-10-13(17)14(15(12)16)11-7-4-3-5-8-11/h3-5,7-10,17H,2,6,16H2,1H3. The second kappa shape index (κ2) is 4.91. The molecule has 0 bridgehead atoms. The number of nitrogen functional groups attached to an aromatic ring is 1. The number of hydrogen-bond acceptors (Lipinski definition) is 2. The smallest absolute Gasteiger partial charge is 0.125 e. The van der Waals surface area contributed by atoms with Crippen molar-refractivity contribution in [2.24, 2.45) is 0 Å². The lowest BCUT2D eigenvalue weighted by Gasteiger charge is -2.12. The molecule has 2 nitrogen and oxygen atoms in total. The van der Waals surface area contributed by atoms with Gasteiger partial charge in [0.05, 0.1) is 0 Å². The van der Waals surface area contributed by atoms with Crippen molar-refractivity contribution in [3.8, 4) is 16.9 Å². The molecule has 0 aliphatic rings. The number of phenols is 1. The van der Waals surface area contributed by atoms with E-state index in [9.17, 15) is 5.11 Å². The average Bonchev–Trinajstić information content (AvgIpc) is 2.35. The molecule has 2 rings (SSSR count). The number of benzene rings is 2. The fourth-order valence-corrected chi connectivity index (χ4v) is 2.05. The second-order valence-electron chi connectivity index (χ2n) is 4.15. The highest BCUT2D eigenvalue weighted by Crippen LogP contribution is 2.36. The number of anilines is 1. The molecule has 2 heteroatoms. The number of nitrogens with two attached hydrogens (primary N) is 1. The molecular weight excluding hydrogens is 210 g/mol. The van der Waals surface area contributed by atoms with Gasteiger partial charge in [0, 0.05) is 11.3 Å². The van der Waals surface area contributed by atoms with E-state index >= 15 is 0 Å². The van der Waals surface area contributed by atoms with E-state index in [1.165, 1.54) is 0 Å². The third-order valence-corrected chi connectivity index (χ3v) is 2.90. The van der Waals surface area contributed by atoms with E-state index in [1.54, 1.807) is 6.07 Å². The van der Waals surface area contributed by atoms with Crippen molar-refractivity contribution in [3.05, 3.63) is 48.0 Å². The number of hydrogen-bond donors (Lipinski definition) is 2. The quantitative estimate of drug-likeness (QED) is 0.787. The van der Waals surface area contributed by atoms with E-state index in [0.29, 0.717) is 5.69 Å². The summed E-state index contributed by atoms with van der Waals surface area (Å²) in [5.41, 5.74) is 9.64. The largest absolute Gasteiger partial charge is 0.507 e. The molecular formula is C15H17NO. The average molecular weight is 227 g/mol. The van der Waals surface area contributed by atoms with Gasteiger partial charge in [-0.05, 0) is 23.6 Å². The first-order valence-electron chi connectivity index (χ1n) is 5.89. The molecule has 0 aromatic heterocycles. The third-order valence-electron chi connectivity index (χ3n) is 2.90. The van der Waals surface area contributed by atoms with E-state index in [1.807, 2.05) is 36.4 Å². The van der Waals surface area contributed by atoms with Crippen LogP contribution in [-0.2, 0) is 6.42 Å². The van der Waals surface area contributed by atoms with Gasteiger partial charge in [-0.1, -0.05) is 49.7 Å². The first-order valence-corrected chi connectivity index (χ1v) is 5.89. The van der Waals surface area contributed by atoms with Crippen molar-refractivity contribution in [2.45, 2.75) is 19.8 Å². The molecule has 0 saturated carbocycles. The van der Waals surface area contributed by atoms with Crippen LogP contribution in [0.5, 0.6) is 5.75 Å². The molecule has 88 valence electrons. The molecule has 0 saturated heterocycles. The first kappa shape index (κ1) is 11.5. The van der Waals surface area contributed by atoms with Gasteiger partial charge in [0.1, 0.15) is 5.75 Å². The van der Waals surface area contributed by atoms with Crippen LogP contribution in [0, 0.1) is 0 Å². The van der Waals surface area contributed by atoms with Gasteiger partial charge in [-0.2, -0.15) is 0 Å². The monoisotopic (exact) mass is 227 g/mol. The lowest BCUT2D eigenvalue weighted by atomic mass is 9.97. The van der Waals surface area contributed by atoms with E-state index < -0.39 is 0 Å². The Morgan fingerprint density at radius 3 is 2.41 bits per heavy atom. The molecule has 0 amide bonds. The molecule has 0 radical (unpaired) electrons. The Labute approximate surface area is 102 Å². The Bertz CT molecular complexity index is 506. The van der Waals surface area contributed by atoms with Crippen molar-refractivity contribution in [1.29, 1.82) is 0 Å². The normalized spacial score (nSPS) is 10.4. The predicted octanol–water partition coefficient (Wildman–Crippen LogP) is 3.59. The van der Waals surface area contributed by atoms with Gasteiger partial charge in [-0.3, -0.25) is 0 Å². The van der Waals surface area contributed by atoms with Gasteiger partial charge in [-0.15, -0.1) is 0 Å². The van der Waals surface area contributed by atoms with Gasteiger partial charge in [0.2, 0.25) is 0 Å². The van der Waals surface area contributed by atoms with Gasteiger partial charge in [0.25, 0.3) is 0 Å². The summed E-state index contributed by atoms with van der Waals surface area (Å²) in [5, 5.41) is 9.96. The molecule has 2 aromatic carbocycles. The highest BCUT2D eigenvalue weighted by atomic mass is 16.3. The lowest BCUT2D eigenvalue weighted by Crippen LogP contribution is -1.97. The van der Waals surface area contributed by atoms with Gasteiger partial charge in [0.15, 0.2) is 0 Å². The maximum absolute atomic E-state index is 9.96. The zero-order valence-corrected chi connectivity index (χ0v) is 9.98. The molecule has 0 fully saturated rings. The zero-order chi connectivity index (χ0) is 12.3. The molecule has 0 aliphatic carbocycles. The van der Waals surface area contributed by atoms with Gasteiger partial charge < -0.3 is 10.8 Å². The SMILES string of the molecule is CCCc1ccc(O)c(-c2ccccc2)c1N. The molecule has 0 atom stereocenters. The van der Waals surface area contributed by atoms with Crippen LogP contribution >= 0.6 is 0 Å². The summed E-state index contributed by atoms with van der Waals surface area (Å²) in [4.78, 5) is 0. The molecule has 0 heterocycles. The van der Waals surface area contributed by atoms with Crippen LogP contribution in [0.2, 0.25) is 0 Å². The fourth-order valence-electron chi connectivity index (χ4n) is 2.05. The number of phenolic OH excluding ortho intramolecular Hbond substituents is 1. The summed E-state index contributed by atoms with van der Waals surface area (Å²) >= 11 is 0. The van der Waals surface area contributed by atoms with Crippen LogP contribution < -0.4 is 5.73 Å². The third kappa shape index (κ3) is 2.26. The second-order valence-corrected chi connectivity index (χ2v) is 4.15. The van der Waals surface area contributed by atoms with Crippen LogP contribution in [0.4, 0.5) is 5.69 Å². The topological polar surface area (TPSA) is 46.2 Å². The summed E-state index contributed by atoms with van der Waals surface area (Å²) in [6.07, 6.45) is 1.98. The van der Waals surface area contributed by atoms with E-state index in [-0.39, 0.29) is 5.75 Å². The van der Waals surface area contributed by atoms with Crippen molar-refractivity contribution in [3.63, 3.8) is 0 Å². The Hall–Kier alpha value is -1.96. The van der Waals surface area contributed by atoms with E-state index in [4.69, 9.17) is 5.73 Å². The summed E-state index contributed by atoms with van der Waals surface area (Å²) in [6.45, 7) is 2.12. The van der Waals surface area contributed by atoms with Crippen molar-refractivity contribution in [1.82, 2.24) is 0 Å². The van der Waals surface area contributed by atoms with Crippen LogP contribution in [0.15, 0.2) is 42.5 Å². The first-order chi connectivity index (χ1) is 8.24. The summed E-state index contributed by atoms with van der Waals surface area (Å²) in [5.74, 6) is 0.244. The molecule has 0 spiro atoms. The molecule has 0 aliphatic heterocycles. The number of rotatable bonds is 3. The van der Waals surface area contributed by atoms with Crippen LogP contribution in [0.25, 0.3) is 11.1 Å².